The van der Waals surface area contributed by atoms with Gasteiger partial charge in [0.2, 0.25) is 5.91 Å². The zero-order valence-corrected chi connectivity index (χ0v) is 18.0. The van der Waals surface area contributed by atoms with E-state index < -0.39 is 6.04 Å². The predicted molar refractivity (Wildman–Crippen MR) is 118 cm³/mol. The smallest absolute Gasteiger partial charge is 0.251 e. The number of ketones is 1. The monoisotopic (exact) mass is 445 g/mol. The average molecular weight is 446 g/mol. The highest BCUT2D eigenvalue weighted by Gasteiger charge is 2.43. The van der Waals surface area contributed by atoms with Gasteiger partial charge < -0.3 is 4.90 Å². The van der Waals surface area contributed by atoms with Gasteiger partial charge in [-0.15, -0.1) is 0 Å². The van der Waals surface area contributed by atoms with Crippen LogP contribution in [0.15, 0.2) is 42.5 Å². The number of anilines is 2. The summed E-state index contributed by atoms with van der Waals surface area (Å²) in [6, 6.07) is 11.8. The molecule has 0 N–H and O–H groups in total. The number of benzene rings is 2. The lowest BCUT2D eigenvalue weighted by atomic mass is 10.1. The van der Waals surface area contributed by atoms with E-state index in [4.69, 9.17) is 23.2 Å². The maximum Gasteiger partial charge on any atom is 0.251 e. The van der Waals surface area contributed by atoms with Crippen molar-refractivity contribution in [3.63, 3.8) is 0 Å². The third kappa shape index (κ3) is 4.08. The van der Waals surface area contributed by atoms with Crippen LogP contribution < -0.4 is 9.80 Å². The third-order valence-electron chi connectivity index (χ3n) is 5.62. The fourth-order valence-corrected chi connectivity index (χ4v) is 4.55. The average Bonchev–Trinajstić information content (AvgIpc) is 3.01. The first kappa shape index (κ1) is 20.8. The Bertz CT molecular complexity index is 981. The Labute approximate surface area is 184 Å². The van der Waals surface area contributed by atoms with Crippen molar-refractivity contribution < 1.29 is 14.4 Å². The minimum atomic E-state index is -0.475. The van der Waals surface area contributed by atoms with Crippen molar-refractivity contribution in [3.05, 3.63) is 58.1 Å². The van der Waals surface area contributed by atoms with Gasteiger partial charge in [-0.25, -0.2) is 4.90 Å². The van der Waals surface area contributed by atoms with Gasteiger partial charge in [-0.1, -0.05) is 23.2 Å². The minimum Gasteiger partial charge on any atom is -0.369 e. The minimum absolute atomic E-state index is 0.0429. The maximum absolute atomic E-state index is 13.0. The Morgan fingerprint density at radius 3 is 2.07 bits per heavy atom. The largest absolute Gasteiger partial charge is 0.369 e. The van der Waals surface area contributed by atoms with Crippen LogP contribution in [0, 0.1) is 0 Å². The molecule has 0 aromatic heterocycles. The molecule has 0 bridgehead atoms. The first-order valence-electron chi connectivity index (χ1n) is 9.76. The van der Waals surface area contributed by atoms with Gasteiger partial charge in [-0.2, -0.15) is 0 Å². The highest BCUT2D eigenvalue weighted by atomic mass is 35.5. The lowest BCUT2D eigenvalue weighted by Crippen LogP contribution is -2.52. The quantitative estimate of drug-likeness (QED) is 0.530. The Hall–Kier alpha value is -2.41. The molecule has 6 nitrogen and oxygen atoms in total. The van der Waals surface area contributed by atoms with Crippen LogP contribution in [0.3, 0.4) is 0 Å². The molecule has 2 fully saturated rings. The van der Waals surface area contributed by atoms with Gasteiger partial charge in [0.05, 0.1) is 18.2 Å². The molecule has 2 amide bonds. The SMILES string of the molecule is CC(=O)c1ccc(N2CCN([C@H]3CC(=O)N(c4cc(Cl)cc(Cl)c4)C3=O)CC2)cc1. The molecule has 156 valence electrons. The number of hydrogen-bond acceptors (Lipinski definition) is 5. The van der Waals surface area contributed by atoms with Crippen LogP contribution in [0.25, 0.3) is 0 Å². The van der Waals surface area contributed by atoms with Gasteiger partial charge in [0, 0.05) is 47.5 Å². The summed E-state index contributed by atoms with van der Waals surface area (Å²) in [5.41, 5.74) is 2.14. The Morgan fingerprint density at radius 2 is 1.50 bits per heavy atom. The molecular formula is C22H21Cl2N3O3. The van der Waals surface area contributed by atoms with E-state index >= 15 is 0 Å². The number of rotatable bonds is 4. The highest BCUT2D eigenvalue weighted by Crippen LogP contribution is 2.31. The molecule has 0 saturated carbocycles. The molecule has 0 radical (unpaired) electrons. The van der Waals surface area contributed by atoms with E-state index in [0.717, 1.165) is 18.8 Å². The normalized spacial score (nSPS) is 20.2. The number of carbonyl (C=O) groups is 3. The van der Waals surface area contributed by atoms with E-state index in [1.807, 2.05) is 24.3 Å². The number of carbonyl (C=O) groups excluding carboxylic acids is 3. The summed E-state index contributed by atoms with van der Waals surface area (Å²) in [5, 5.41) is 0.761. The number of Topliss-reactive ketones (excluding diaryl/α,β-unsaturated/α-hetero) is 1. The third-order valence-corrected chi connectivity index (χ3v) is 6.06. The summed E-state index contributed by atoms with van der Waals surface area (Å²) in [6.07, 6.45) is 0.149. The fourth-order valence-electron chi connectivity index (χ4n) is 4.04. The lowest BCUT2D eigenvalue weighted by Gasteiger charge is -2.38. The van der Waals surface area contributed by atoms with E-state index in [1.54, 1.807) is 25.1 Å². The first-order chi connectivity index (χ1) is 14.3. The van der Waals surface area contributed by atoms with Gasteiger partial charge in [-0.05, 0) is 49.4 Å². The van der Waals surface area contributed by atoms with Gasteiger partial charge in [0.15, 0.2) is 5.78 Å². The molecule has 2 heterocycles. The zero-order chi connectivity index (χ0) is 21.4. The van der Waals surface area contributed by atoms with Gasteiger partial charge in [0.1, 0.15) is 0 Å². The number of amides is 2. The molecule has 2 aromatic rings. The van der Waals surface area contributed by atoms with E-state index in [9.17, 15) is 14.4 Å². The van der Waals surface area contributed by atoms with Crippen LogP contribution in [-0.2, 0) is 9.59 Å². The van der Waals surface area contributed by atoms with Crippen LogP contribution in [-0.4, -0.2) is 54.7 Å². The number of nitrogens with zero attached hydrogens (tertiary/aromatic N) is 3. The molecule has 0 spiro atoms. The summed E-state index contributed by atoms with van der Waals surface area (Å²) in [7, 11) is 0. The van der Waals surface area contributed by atoms with Crippen molar-refractivity contribution in [2.24, 2.45) is 0 Å². The number of imide groups is 1. The number of hydrogen-bond donors (Lipinski definition) is 0. The Kier molecular flexibility index (Phi) is 5.82. The molecule has 0 unspecified atom stereocenters. The van der Waals surface area contributed by atoms with E-state index in [1.165, 1.54) is 4.90 Å². The van der Waals surface area contributed by atoms with Gasteiger partial charge in [-0.3, -0.25) is 19.3 Å². The second-order valence-electron chi connectivity index (χ2n) is 7.54. The van der Waals surface area contributed by atoms with E-state index in [-0.39, 0.29) is 24.0 Å². The van der Waals surface area contributed by atoms with Crippen LogP contribution in [0.1, 0.15) is 23.7 Å². The summed E-state index contributed by atoms with van der Waals surface area (Å²) in [6.45, 7) is 4.36. The fraction of sp³-hybridized carbons (Fsp3) is 0.318. The molecule has 1 atom stereocenters. The molecule has 2 aliphatic rings. The number of halogens is 2. The maximum atomic E-state index is 13.0. The van der Waals surface area contributed by atoms with Crippen molar-refractivity contribution in [1.82, 2.24) is 4.90 Å². The van der Waals surface area contributed by atoms with Crippen LogP contribution >= 0.6 is 23.2 Å². The highest BCUT2D eigenvalue weighted by molar-refractivity contribution is 6.35. The predicted octanol–water partition coefficient (Wildman–Crippen LogP) is 3.65. The summed E-state index contributed by atoms with van der Waals surface area (Å²) in [5.74, 6) is -0.440. The summed E-state index contributed by atoms with van der Waals surface area (Å²) >= 11 is 12.1. The van der Waals surface area contributed by atoms with Crippen molar-refractivity contribution >= 4 is 52.2 Å². The van der Waals surface area contributed by atoms with Crippen molar-refractivity contribution in [2.45, 2.75) is 19.4 Å². The Balaban J connectivity index is 1.43. The van der Waals surface area contributed by atoms with E-state index in [0.29, 0.717) is 34.4 Å². The van der Waals surface area contributed by atoms with Gasteiger partial charge in [0.25, 0.3) is 5.91 Å². The molecule has 4 rings (SSSR count). The standard InChI is InChI=1S/C22H21Cl2N3O3/c1-14(28)15-2-4-18(5-3-15)25-6-8-26(9-7-25)20-13-21(29)27(22(20)30)19-11-16(23)10-17(24)12-19/h2-5,10-12,20H,6-9,13H2,1H3/t20-/m0/s1. The summed E-state index contributed by atoms with van der Waals surface area (Å²) < 4.78 is 0. The molecule has 2 saturated heterocycles. The molecule has 2 aromatic carbocycles. The molecule has 0 aliphatic carbocycles. The number of piperazine rings is 1. The van der Waals surface area contributed by atoms with Crippen molar-refractivity contribution in [2.75, 3.05) is 36.0 Å². The molecule has 30 heavy (non-hydrogen) atoms. The summed E-state index contributed by atoms with van der Waals surface area (Å²) in [4.78, 5) is 42.5. The second-order valence-corrected chi connectivity index (χ2v) is 8.41. The molecule has 8 heteroatoms. The first-order valence-corrected chi connectivity index (χ1v) is 10.5. The zero-order valence-electron chi connectivity index (χ0n) is 16.5. The topological polar surface area (TPSA) is 60.9 Å². The van der Waals surface area contributed by atoms with E-state index in [2.05, 4.69) is 9.80 Å². The van der Waals surface area contributed by atoms with Gasteiger partial charge >= 0.3 is 0 Å². The van der Waals surface area contributed by atoms with Crippen LogP contribution in [0.5, 0.6) is 0 Å². The lowest BCUT2D eigenvalue weighted by molar-refractivity contribution is -0.123. The van der Waals surface area contributed by atoms with Crippen molar-refractivity contribution in [1.29, 1.82) is 0 Å². The van der Waals surface area contributed by atoms with Crippen LogP contribution in [0.4, 0.5) is 11.4 Å². The van der Waals surface area contributed by atoms with Crippen molar-refractivity contribution in [3.8, 4) is 0 Å². The molecule has 2 aliphatic heterocycles. The second kappa shape index (κ2) is 8.38. The Morgan fingerprint density at radius 1 is 0.900 bits per heavy atom. The van der Waals surface area contributed by atoms with Crippen LogP contribution in [0.2, 0.25) is 10.0 Å². The molecular weight excluding hydrogens is 425 g/mol.